The lowest BCUT2D eigenvalue weighted by Crippen LogP contribution is -2.51. The number of nitrogens with zero attached hydrogens (tertiary/aromatic N) is 2. The summed E-state index contributed by atoms with van der Waals surface area (Å²) >= 11 is 0. The Hall–Kier alpha value is -1.55. The molecule has 0 aliphatic carbocycles. The maximum Gasteiger partial charge on any atom is 0.191 e. The summed E-state index contributed by atoms with van der Waals surface area (Å²) in [6, 6.07) is 8.68. The summed E-state index contributed by atoms with van der Waals surface area (Å²) in [5.74, 6) is 1.30. The molecular formula is C18H32N4. The lowest BCUT2D eigenvalue weighted by molar-refractivity contribution is 0.197. The molecule has 0 bridgehead atoms. The molecule has 0 aliphatic heterocycles. The number of aliphatic imine (C=N–C) groups is 1. The van der Waals surface area contributed by atoms with E-state index >= 15 is 0 Å². The van der Waals surface area contributed by atoms with Gasteiger partial charge < -0.3 is 15.5 Å². The van der Waals surface area contributed by atoms with Gasteiger partial charge >= 0.3 is 0 Å². The summed E-state index contributed by atoms with van der Waals surface area (Å²) in [5, 5.41) is 6.83. The standard InChI is InChI=1S/C18H32N4/c1-14-9-8-10-16(11-14)15(2)12-20-17(19-5)21-13-18(3,4)22(6)7/h8-11,15H,12-13H2,1-7H3,(H2,19,20,21). The SMILES string of the molecule is CN=C(NCC(C)c1cccc(C)c1)NCC(C)(C)N(C)C. The van der Waals surface area contributed by atoms with Crippen molar-refractivity contribution in [2.75, 3.05) is 34.2 Å². The lowest BCUT2D eigenvalue weighted by atomic mass is 9.99. The molecule has 1 aromatic rings. The van der Waals surface area contributed by atoms with Crippen LogP contribution in [0.3, 0.4) is 0 Å². The molecule has 0 amide bonds. The molecule has 0 saturated heterocycles. The number of hydrogen-bond donors (Lipinski definition) is 2. The van der Waals surface area contributed by atoms with E-state index in [0.29, 0.717) is 5.92 Å². The molecule has 0 aromatic heterocycles. The van der Waals surface area contributed by atoms with Crippen molar-refractivity contribution < 1.29 is 0 Å². The molecule has 0 aliphatic rings. The Balaban J connectivity index is 2.51. The molecule has 124 valence electrons. The molecule has 0 spiro atoms. The second kappa shape index (κ2) is 8.18. The van der Waals surface area contributed by atoms with Gasteiger partial charge in [-0.1, -0.05) is 36.8 Å². The smallest absolute Gasteiger partial charge is 0.191 e. The van der Waals surface area contributed by atoms with Crippen LogP contribution >= 0.6 is 0 Å². The van der Waals surface area contributed by atoms with Crippen molar-refractivity contribution in [2.24, 2.45) is 4.99 Å². The van der Waals surface area contributed by atoms with Crippen LogP contribution in [0.15, 0.2) is 29.3 Å². The third-order valence-electron chi connectivity index (χ3n) is 4.31. The van der Waals surface area contributed by atoms with E-state index in [4.69, 9.17) is 0 Å². The molecular weight excluding hydrogens is 272 g/mol. The first kappa shape index (κ1) is 18.5. The van der Waals surface area contributed by atoms with Gasteiger partial charge in [0.2, 0.25) is 0 Å². The van der Waals surface area contributed by atoms with Gasteiger partial charge in [-0.3, -0.25) is 4.99 Å². The molecule has 0 heterocycles. The van der Waals surface area contributed by atoms with Crippen molar-refractivity contribution in [3.63, 3.8) is 0 Å². The Morgan fingerprint density at radius 2 is 1.95 bits per heavy atom. The number of benzene rings is 1. The van der Waals surface area contributed by atoms with Crippen LogP contribution in [-0.2, 0) is 0 Å². The zero-order chi connectivity index (χ0) is 16.8. The number of likely N-dealkylation sites (N-methyl/N-ethyl adjacent to an activating group) is 1. The fourth-order valence-electron chi connectivity index (χ4n) is 2.02. The van der Waals surface area contributed by atoms with Crippen molar-refractivity contribution >= 4 is 5.96 Å². The summed E-state index contributed by atoms with van der Waals surface area (Å²) < 4.78 is 0. The first-order valence-electron chi connectivity index (χ1n) is 7.95. The molecule has 1 rings (SSSR count). The molecule has 2 N–H and O–H groups in total. The maximum atomic E-state index is 4.31. The summed E-state index contributed by atoms with van der Waals surface area (Å²) in [7, 11) is 6.00. The highest BCUT2D eigenvalue weighted by Gasteiger charge is 2.20. The van der Waals surface area contributed by atoms with E-state index < -0.39 is 0 Å². The van der Waals surface area contributed by atoms with Crippen molar-refractivity contribution in [3.05, 3.63) is 35.4 Å². The molecule has 0 fully saturated rings. The van der Waals surface area contributed by atoms with Crippen molar-refractivity contribution in [1.82, 2.24) is 15.5 Å². The van der Waals surface area contributed by atoms with E-state index in [1.807, 2.05) is 7.05 Å². The van der Waals surface area contributed by atoms with Crippen LogP contribution in [-0.4, -0.2) is 50.6 Å². The third-order valence-corrected chi connectivity index (χ3v) is 4.31. The molecule has 22 heavy (non-hydrogen) atoms. The lowest BCUT2D eigenvalue weighted by Gasteiger charge is -2.33. The maximum absolute atomic E-state index is 4.31. The fourth-order valence-corrected chi connectivity index (χ4v) is 2.02. The Morgan fingerprint density at radius 3 is 2.50 bits per heavy atom. The van der Waals surface area contributed by atoms with E-state index in [0.717, 1.165) is 19.0 Å². The summed E-state index contributed by atoms with van der Waals surface area (Å²) in [5.41, 5.74) is 2.75. The van der Waals surface area contributed by atoms with Gasteiger partial charge in [0.25, 0.3) is 0 Å². The Morgan fingerprint density at radius 1 is 1.27 bits per heavy atom. The van der Waals surface area contributed by atoms with Gasteiger partial charge in [0, 0.05) is 25.7 Å². The average Bonchev–Trinajstić information content (AvgIpc) is 2.46. The number of hydrogen-bond acceptors (Lipinski definition) is 2. The van der Waals surface area contributed by atoms with Crippen LogP contribution in [0.1, 0.15) is 37.8 Å². The van der Waals surface area contributed by atoms with Crippen LogP contribution in [0.5, 0.6) is 0 Å². The van der Waals surface area contributed by atoms with Crippen molar-refractivity contribution in [3.8, 4) is 0 Å². The minimum absolute atomic E-state index is 0.0831. The van der Waals surface area contributed by atoms with E-state index in [-0.39, 0.29) is 5.54 Å². The van der Waals surface area contributed by atoms with Gasteiger partial charge in [0.1, 0.15) is 0 Å². The molecule has 0 saturated carbocycles. The first-order valence-corrected chi connectivity index (χ1v) is 7.95. The quantitative estimate of drug-likeness (QED) is 0.627. The fraction of sp³-hybridized carbons (Fsp3) is 0.611. The zero-order valence-corrected chi connectivity index (χ0v) is 15.2. The number of guanidine groups is 1. The van der Waals surface area contributed by atoms with Gasteiger partial charge in [0.15, 0.2) is 5.96 Å². The second-order valence-electron chi connectivity index (χ2n) is 6.83. The van der Waals surface area contributed by atoms with Crippen molar-refractivity contribution in [1.29, 1.82) is 0 Å². The number of rotatable bonds is 6. The van der Waals surface area contributed by atoms with E-state index in [1.54, 1.807) is 0 Å². The van der Waals surface area contributed by atoms with Crippen LogP contribution in [0.25, 0.3) is 0 Å². The van der Waals surface area contributed by atoms with Gasteiger partial charge in [0.05, 0.1) is 0 Å². The van der Waals surface area contributed by atoms with Crippen LogP contribution in [0, 0.1) is 6.92 Å². The summed E-state index contributed by atoms with van der Waals surface area (Å²) in [6.45, 7) is 10.5. The highest BCUT2D eigenvalue weighted by molar-refractivity contribution is 5.79. The minimum Gasteiger partial charge on any atom is -0.356 e. The number of nitrogens with one attached hydrogen (secondary N) is 2. The van der Waals surface area contributed by atoms with Crippen LogP contribution in [0.4, 0.5) is 0 Å². The average molecular weight is 304 g/mol. The second-order valence-corrected chi connectivity index (χ2v) is 6.83. The van der Waals surface area contributed by atoms with Crippen LogP contribution in [0.2, 0.25) is 0 Å². The predicted molar refractivity (Wildman–Crippen MR) is 96.7 cm³/mol. The highest BCUT2D eigenvalue weighted by Crippen LogP contribution is 2.15. The topological polar surface area (TPSA) is 39.7 Å². The van der Waals surface area contributed by atoms with Crippen molar-refractivity contribution in [2.45, 2.75) is 39.2 Å². The molecule has 0 radical (unpaired) electrons. The predicted octanol–water partition coefficient (Wildman–Crippen LogP) is 2.60. The molecule has 4 heteroatoms. The normalized spacial score (nSPS) is 14.1. The Bertz CT molecular complexity index is 492. The Kier molecular flexibility index (Phi) is 6.88. The van der Waals surface area contributed by atoms with Gasteiger partial charge in [-0.2, -0.15) is 0 Å². The van der Waals surface area contributed by atoms with E-state index in [9.17, 15) is 0 Å². The van der Waals surface area contributed by atoms with Crippen LogP contribution < -0.4 is 10.6 Å². The molecule has 1 unspecified atom stereocenters. The highest BCUT2D eigenvalue weighted by atomic mass is 15.2. The monoisotopic (exact) mass is 304 g/mol. The molecule has 1 aromatic carbocycles. The van der Waals surface area contributed by atoms with E-state index in [2.05, 4.69) is 86.6 Å². The molecule has 1 atom stereocenters. The van der Waals surface area contributed by atoms with Gasteiger partial charge in [-0.25, -0.2) is 0 Å². The minimum atomic E-state index is 0.0831. The Labute approximate surface area is 136 Å². The zero-order valence-electron chi connectivity index (χ0n) is 15.2. The molecule has 4 nitrogen and oxygen atoms in total. The number of aryl methyl sites for hydroxylation is 1. The van der Waals surface area contributed by atoms with Gasteiger partial charge in [-0.05, 0) is 46.3 Å². The van der Waals surface area contributed by atoms with Gasteiger partial charge in [-0.15, -0.1) is 0 Å². The third kappa shape index (κ3) is 5.68. The summed E-state index contributed by atoms with van der Waals surface area (Å²) in [6.07, 6.45) is 0. The first-order chi connectivity index (χ1) is 10.3. The largest absolute Gasteiger partial charge is 0.356 e. The van der Waals surface area contributed by atoms with E-state index in [1.165, 1.54) is 11.1 Å². The summed E-state index contributed by atoms with van der Waals surface area (Å²) in [4.78, 5) is 6.52.